The van der Waals surface area contributed by atoms with Crippen molar-refractivity contribution < 1.29 is 19.8 Å². The molecule has 2 aromatic carbocycles. The van der Waals surface area contributed by atoms with E-state index in [-0.39, 0.29) is 24.3 Å². The number of nitrogens with one attached hydrogen (secondary N) is 2. The van der Waals surface area contributed by atoms with Gasteiger partial charge in [0, 0.05) is 23.9 Å². The third-order valence-electron chi connectivity index (χ3n) is 6.99. The highest BCUT2D eigenvalue weighted by molar-refractivity contribution is 5.79. The molecule has 3 rings (SSSR count). The van der Waals surface area contributed by atoms with E-state index in [2.05, 4.69) is 15.3 Å². The first-order valence-electron chi connectivity index (χ1n) is 13.5. The fourth-order valence-corrected chi connectivity index (χ4v) is 5.08. The Hall–Kier alpha value is -3.65. The van der Waals surface area contributed by atoms with E-state index in [1.54, 1.807) is 12.4 Å². The van der Waals surface area contributed by atoms with Crippen LogP contribution in [0.5, 0.6) is 0 Å². The van der Waals surface area contributed by atoms with Crippen molar-refractivity contribution in [3.8, 4) is 0 Å². The molecule has 4 N–H and O–H groups in total. The zero-order chi connectivity index (χ0) is 28.6. The van der Waals surface area contributed by atoms with Crippen molar-refractivity contribution in [2.24, 2.45) is 11.8 Å². The fourth-order valence-electron chi connectivity index (χ4n) is 5.08. The first kappa shape index (κ1) is 29.9. The highest BCUT2D eigenvalue weighted by Gasteiger charge is 2.39. The van der Waals surface area contributed by atoms with Gasteiger partial charge in [-0.3, -0.25) is 9.69 Å². The number of aromatic nitrogens is 2. The molecule has 8 nitrogen and oxygen atoms in total. The lowest BCUT2D eigenvalue weighted by atomic mass is 9.86. The van der Waals surface area contributed by atoms with Crippen LogP contribution < -0.4 is 5.32 Å². The van der Waals surface area contributed by atoms with Gasteiger partial charge in [0.2, 0.25) is 5.91 Å². The van der Waals surface area contributed by atoms with Crippen LogP contribution in [0, 0.1) is 11.8 Å². The molecule has 8 heteroatoms. The average Bonchev–Trinajstić information content (AvgIpc) is 3.41. The Morgan fingerprint density at radius 3 is 2.00 bits per heavy atom. The van der Waals surface area contributed by atoms with Crippen LogP contribution in [-0.4, -0.2) is 54.8 Å². The molecule has 0 radical (unpaired) electrons. The maximum absolute atomic E-state index is 13.8. The van der Waals surface area contributed by atoms with Crippen LogP contribution in [0.15, 0.2) is 73.1 Å². The summed E-state index contributed by atoms with van der Waals surface area (Å²) < 4.78 is 0. The van der Waals surface area contributed by atoms with Gasteiger partial charge in [0.1, 0.15) is 5.82 Å². The monoisotopic (exact) mass is 534 g/mol. The van der Waals surface area contributed by atoms with E-state index in [9.17, 15) is 19.8 Å². The zero-order valence-electron chi connectivity index (χ0n) is 23.5. The Balaban J connectivity index is 1.93. The quantitative estimate of drug-likeness (QED) is 0.254. The molecule has 3 aromatic rings. The molecule has 0 bridgehead atoms. The molecule has 1 aromatic heterocycles. The normalized spacial score (nSPS) is 14.8. The molecule has 1 heterocycles. The number of rotatable bonds is 12. The average molecular weight is 535 g/mol. The molecule has 39 heavy (non-hydrogen) atoms. The van der Waals surface area contributed by atoms with E-state index in [0.717, 1.165) is 11.1 Å². The molecule has 0 saturated heterocycles. The summed E-state index contributed by atoms with van der Waals surface area (Å²) in [7, 11) is 0. The van der Waals surface area contributed by atoms with E-state index >= 15 is 0 Å². The van der Waals surface area contributed by atoms with Crippen molar-refractivity contribution in [1.29, 1.82) is 0 Å². The second-order valence-electron chi connectivity index (χ2n) is 11.5. The van der Waals surface area contributed by atoms with Gasteiger partial charge in [0.15, 0.2) is 0 Å². The molecule has 0 fully saturated rings. The van der Waals surface area contributed by atoms with Gasteiger partial charge in [-0.25, -0.2) is 9.78 Å². The summed E-state index contributed by atoms with van der Waals surface area (Å²) in [5, 5.41) is 25.0. The summed E-state index contributed by atoms with van der Waals surface area (Å²) in [5.41, 5.74) is 1.12. The third kappa shape index (κ3) is 8.42. The van der Waals surface area contributed by atoms with Crippen molar-refractivity contribution in [1.82, 2.24) is 20.2 Å². The first-order chi connectivity index (χ1) is 18.5. The van der Waals surface area contributed by atoms with Crippen LogP contribution >= 0.6 is 0 Å². The van der Waals surface area contributed by atoms with E-state index in [0.29, 0.717) is 18.7 Å². The van der Waals surface area contributed by atoms with Crippen LogP contribution in [0.3, 0.4) is 0 Å². The van der Waals surface area contributed by atoms with Crippen molar-refractivity contribution in [3.05, 3.63) is 90.0 Å². The second-order valence-corrected chi connectivity index (χ2v) is 11.5. The second kappa shape index (κ2) is 13.4. The van der Waals surface area contributed by atoms with Crippen LogP contribution in [0.1, 0.15) is 64.0 Å². The summed E-state index contributed by atoms with van der Waals surface area (Å²) in [6.07, 6.45) is 2.03. The zero-order valence-corrected chi connectivity index (χ0v) is 23.5. The molecule has 0 aliphatic carbocycles. The smallest absolute Gasteiger partial charge is 0.408 e. The van der Waals surface area contributed by atoms with Gasteiger partial charge < -0.3 is 20.5 Å². The predicted molar refractivity (Wildman–Crippen MR) is 152 cm³/mol. The molecule has 4 atom stereocenters. The number of amides is 2. The maximum Gasteiger partial charge on any atom is 0.408 e. The highest BCUT2D eigenvalue weighted by Crippen LogP contribution is 2.27. The summed E-state index contributed by atoms with van der Waals surface area (Å²) in [5.74, 6) is -0.0442. The molecular formula is C31H42N4O4. The molecule has 210 valence electrons. The largest absolute Gasteiger partial charge is 0.465 e. The van der Waals surface area contributed by atoms with E-state index in [1.807, 2.05) is 95.3 Å². The van der Waals surface area contributed by atoms with Gasteiger partial charge in [-0.2, -0.15) is 0 Å². The van der Waals surface area contributed by atoms with Gasteiger partial charge in [-0.1, -0.05) is 74.5 Å². The minimum Gasteiger partial charge on any atom is -0.465 e. The van der Waals surface area contributed by atoms with Crippen LogP contribution in [0.2, 0.25) is 0 Å². The number of aliphatic hydroxyl groups excluding tert-OH is 1. The molecule has 2 amide bonds. The number of H-pyrrole nitrogens is 1. The molecule has 4 unspecified atom stereocenters. The Morgan fingerprint density at radius 2 is 1.54 bits per heavy atom. The molecule has 0 saturated carbocycles. The van der Waals surface area contributed by atoms with E-state index in [4.69, 9.17) is 0 Å². The number of benzene rings is 2. The number of carbonyl (C=O) groups excluding carboxylic acids is 1. The van der Waals surface area contributed by atoms with Crippen molar-refractivity contribution in [3.63, 3.8) is 0 Å². The Kier molecular flexibility index (Phi) is 10.3. The summed E-state index contributed by atoms with van der Waals surface area (Å²) in [4.78, 5) is 35.0. The van der Waals surface area contributed by atoms with Crippen molar-refractivity contribution in [2.75, 3.05) is 0 Å². The minimum absolute atomic E-state index is 0.0802. The SMILES string of the molecule is CC(C)C(NC(=O)C(Cc1ccccc1)CC(O)C(Cc1ccccc1)N(C(=O)O)C(C)(C)C)c1ncc[nH]1. The molecular weight excluding hydrogens is 492 g/mol. The number of carbonyl (C=O) groups is 2. The topological polar surface area (TPSA) is 119 Å². The van der Waals surface area contributed by atoms with Crippen LogP contribution in [-0.2, 0) is 17.6 Å². The van der Waals surface area contributed by atoms with Crippen molar-refractivity contribution >= 4 is 12.0 Å². The van der Waals surface area contributed by atoms with Gasteiger partial charge >= 0.3 is 6.09 Å². The van der Waals surface area contributed by atoms with E-state index in [1.165, 1.54) is 4.90 Å². The minimum atomic E-state index is -1.11. The van der Waals surface area contributed by atoms with E-state index < -0.39 is 29.7 Å². The molecule has 0 aliphatic heterocycles. The van der Waals surface area contributed by atoms with Crippen molar-refractivity contribution in [2.45, 2.75) is 77.6 Å². The van der Waals surface area contributed by atoms with Crippen LogP contribution in [0.25, 0.3) is 0 Å². The number of hydrogen-bond acceptors (Lipinski definition) is 4. The summed E-state index contributed by atoms with van der Waals surface area (Å²) in [6, 6.07) is 18.1. The highest BCUT2D eigenvalue weighted by atomic mass is 16.4. The molecule has 0 spiro atoms. The fraction of sp³-hybridized carbons (Fsp3) is 0.452. The number of hydrogen-bond donors (Lipinski definition) is 4. The van der Waals surface area contributed by atoms with Crippen LogP contribution in [0.4, 0.5) is 4.79 Å². The number of carboxylic acid groups (broad SMARTS) is 1. The van der Waals surface area contributed by atoms with Gasteiger partial charge in [0.05, 0.1) is 18.2 Å². The first-order valence-corrected chi connectivity index (χ1v) is 13.5. The lowest BCUT2D eigenvalue weighted by molar-refractivity contribution is -0.127. The number of aromatic amines is 1. The standard InChI is InChI=1S/C31H42N4O4/c1-21(2)27(28-32-16-17-33-28)34-29(37)24(18-22-12-8-6-9-13-22)20-26(36)25(19-23-14-10-7-11-15-23)35(30(38)39)31(3,4)5/h6-17,21,24-27,36H,18-20H2,1-5H3,(H,32,33)(H,34,37)(H,38,39). The maximum atomic E-state index is 13.8. The molecule has 0 aliphatic rings. The number of aliphatic hydroxyl groups is 1. The summed E-state index contributed by atoms with van der Waals surface area (Å²) in [6.45, 7) is 9.47. The lowest BCUT2D eigenvalue weighted by Gasteiger charge is -2.42. The Labute approximate surface area is 231 Å². The van der Waals surface area contributed by atoms with Gasteiger partial charge in [0.25, 0.3) is 0 Å². The number of nitrogens with zero attached hydrogens (tertiary/aromatic N) is 2. The van der Waals surface area contributed by atoms with Gasteiger partial charge in [-0.05, 0) is 57.1 Å². The Morgan fingerprint density at radius 1 is 0.974 bits per heavy atom. The summed E-state index contributed by atoms with van der Waals surface area (Å²) >= 11 is 0. The van der Waals surface area contributed by atoms with Gasteiger partial charge in [-0.15, -0.1) is 0 Å². The lowest BCUT2D eigenvalue weighted by Crippen LogP contribution is -2.57. The number of imidazole rings is 1. The third-order valence-corrected chi connectivity index (χ3v) is 6.99. The Bertz CT molecular complexity index is 1160. The predicted octanol–water partition coefficient (Wildman–Crippen LogP) is 5.22.